The third kappa shape index (κ3) is 3.82. The Balaban J connectivity index is 1.82. The van der Waals surface area contributed by atoms with Gasteiger partial charge in [0.05, 0.1) is 6.10 Å². The fourth-order valence-electron chi connectivity index (χ4n) is 2.02. The quantitative estimate of drug-likeness (QED) is 0.868. The van der Waals surface area contributed by atoms with Crippen LogP contribution in [0.15, 0.2) is 24.3 Å². The summed E-state index contributed by atoms with van der Waals surface area (Å²) in [6, 6.07) is 7.63. The molecule has 1 heterocycles. The van der Waals surface area contributed by atoms with E-state index in [1.54, 1.807) is 0 Å². The first-order valence-corrected chi connectivity index (χ1v) is 7.46. The molecule has 18 heavy (non-hydrogen) atoms. The van der Waals surface area contributed by atoms with Crippen molar-refractivity contribution in [2.24, 2.45) is 0 Å². The van der Waals surface area contributed by atoms with Crippen LogP contribution in [0.25, 0.3) is 0 Å². The van der Waals surface area contributed by atoms with Crippen molar-refractivity contribution in [3.05, 3.63) is 35.4 Å². The standard InChI is InChI=1S/C14H18BrNO2/c15-9-11-4-6-12(7-5-11)14(17)16-10-13-3-1-2-8-18-13/h4-7,13H,1-3,8-10H2,(H,16,17). The molecule has 1 aliphatic heterocycles. The lowest BCUT2D eigenvalue weighted by Gasteiger charge is -2.22. The van der Waals surface area contributed by atoms with Gasteiger partial charge >= 0.3 is 0 Å². The van der Waals surface area contributed by atoms with Crippen LogP contribution in [0.2, 0.25) is 0 Å². The lowest BCUT2D eigenvalue weighted by Crippen LogP contribution is -2.35. The predicted molar refractivity (Wildman–Crippen MR) is 75.0 cm³/mol. The molecule has 0 aromatic heterocycles. The molecule has 4 heteroatoms. The van der Waals surface area contributed by atoms with Crippen molar-refractivity contribution in [1.82, 2.24) is 5.32 Å². The summed E-state index contributed by atoms with van der Waals surface area (Å²) in [5, 5.41) is 3.74. The second-order valence-electron chi connectivity index (χ2n) is 4.53. The molecular formula is C14H18BrNO2. The average Bonchev–Trinajstić information content (AvgIpc) is 2.46. The molecule has 1 aromatic carbocycles. The van der Waals surface area contributed by atoms with Crippen LogP contribution >= 0.6 is 15.9 Å². The topological polar surface area (TPSA) is 38.3 Å². The number of hydrogen-bond donors (Lipinski definition) is 1. The molecule has 1 saturated heterocycles. The van der Waals surface area contributed by atoms with Gasteiger partial charge in [-0.05, 0) is 37.0 Å². The zero-order valence-corrected chi connectivity index (χ0v) is 11.9. The average molecular weight is 312 g/mol. The van der Waals surface area contributed by atoms with Crippen molar-refractivity contribution in [1.29, 1.82) is 0 Å². The molecular weight excluding hydrogens is 294 g/mol. The molecule has 0 bridgehead atoms. The van der Waals surface area contributed by atoms with Gasteiger partial charge in [-0.1, -0.05) is 28.1 Å². The number of ether oxygens (including phenoxy) is 1. The summed E-state index contributed by atoms with van der Waals surface area (Å²) in [7, 11) is 0. The number of benzene rings is 1. The first-order chi connectivity index (χ1) is 8.79. The number of hydrogen-bond acceptors (Lipinski definition) is 2. The third-order valence-electron chi connectivity index (χ3n) is 3.13. The zero-order chi connectivity index (χ0) is 12.8. The Kier molecular flexibility index (Phi) is 5.20. The molecule has 2 rings (SSSR count). The van der Waals surface area contributed by atoms with Crippen LogP contribution < -0.4 is 5.32 Å². The Labute approximate surface area is 116 Å². The van der Waals surface area contributed by atoms with Crippen LogP contribution in [0.5, 0.6) is 0 Å². The summed E-state index contributed by atoms with van der Waals surface area (Å²) in [5.74, 6) is -0.0229. The van der Waals surface area contributed by atoms with E-state index in [2.05, 4.69) is 21.2 Å². The molecule has 0 aliphatic carbocycles. The molecule has 0 saturated carbocycles. The monoisotopic (exact) mass is 311 g/mol. The number of carbonyl (C=O) groups excluding carboxylic acids is 1. The van der Waals surface area contributed by atoms with E-state index in [1.165, 1.54) is 12.0 Å². The van der Waals surface area contributed by atoms with E-state index in [9.17, 15) is 4.79 Å². The van der Waals surface area contributed by atoms with Gasteiger partial charge in [0.25, 0.3) is 5.91 Å². The third-order valence-corrected chi connectivity index (χ3v) is 3.78. The van der Waals surface area contributed by atoms with Crippen molar-refractivity contribution in [3.63, 3.8) is 0 Å². The van der Waals surface area contributed by atoms with Gasteiger partial charge in [-0.2, -0.15) is 0 Å². The van der Waals surface area contributed by atoms with Gasteiger partial charge in [0.15, 0.2) is 0 Å². The van der Waals surface area contributed by atoms with Gasteiger partial charge in [0.2, 0.25) is 0 Å². The number of halogens is 1. The minimum Gasteiger partial charge on any atom is -0.376 e. The Bertz CT molecular complexity index is 385. The second-order valence-corrected chi connectivity index (χ2v) is 5.09. The van der Waals surface area contributed by atoms with Crippen molar-refractivity contribution in [2.45, 2.75) is 30.7 Å². The van der Waals surface area contributed by atoms with Gasteiger partial charge in [-0.3, -0.25) is 4.79 Å². The molecule has 98 valence electrons. The van der Waals surface area contributed by atoms with Gasteiger partial charge in [0, 0.05) is 24.0 Å². The fourth-order valence-corrected chi connectivity index (χ4v) is 2.40. The number of carbonyl (C=O) groups is 1. The molecule has 3 nitrogen and oxygen atoms in total. The first kappa shape index (κ1) is 13.6. The van der Waals surface area contributed by atoms with Gasteiger partial charge in [-0.25, -0.2) is 0 Å². The lowest BCUT2D eigenvalue weighted by molar-refractivity contribution is 0.0169. The van der Waals surface area contributed by atoms with Crippen LogP contribution in [0.3, 0.4) is 0 Å². The highest BCUT2D eigenvalue weighted by atomic mass is 79.9. The van der Waals surface area contributed by atoms with E-state index in [1.807, 2.05) is 24.3 Å². The van der Waals surface area contributed by atoms with Crippen LogP contribution in [-0.4, -0.2) is 25.2 Å². The van der Waals surface area contributed by atoms with E-state index < -0.39 is 0 Å². The number of rotatable bonds is 4. The summed E-state index contributed by atoms with van der Waals surface area (Å²) >= 11 is 3.38. The van der Waals surface area contributed by atoms with Gasteiger partial charge < -0.3 is 10.1 Å². The Morgan fingerprint density at radius 1 is 1.33 bits per heavy atom. The molecule has 0 radical (unpaired) electrons. The largest absolute Gasteiger partial charge is 0.376 e. The first-order valence-electron chi connectivity index (χ1n) is 6.34. The van der Waals surface area contributed by atoms with Gasteiger partial charge in [-0.15, -0.1) is 0 Å². The molecule has 1 atom stereocenters. The molecule has 0 spiro atoms. The highest BCUT2D eigenvalue weighted by molar-refractivity contribution is 9.08. The zero-order valence-electron chi connectivity index (χ0n) is 10.3. The van der Waals surface area contributed by atoms with E-state index in [4.69, 9.17) is 4.74 Å². The van der Waals surface area contributed by atoms with E-state index in [0.717, 1.165) is 24.8 Å². The molecule has 1 fully saturated rings. The summed E-state index contributed by atoms with van der Waals surface area (Å²) < 4.78 is 5.58. The summed E-state index contributed by atoms with van der Waals surface area (Å²) in [5.41, 5.74) is 1.87. The molecule has 1 amide bonds. The Morgan fingerprint density at radius 2 is 2.11 bits per heavy atom. The van der Waals surface area contributed by atoms with E-state index in [-0.39, 0.29) is 12.0 Å². The minimum atomic E-state index is -0.0229. The predicted octanol–water partition coefficient (Wildman–Crippen LogP) is 2.88. The van der Waals surface area contributed by atoms with Crippen molar-refractivity contribution in [2.75, 3.05) is 13.2 Å². The van der Waals surface area contributed by atoms with Crippen molar-refractivity contribution >= 4 is 21.8 Å². The summed E-state index contributed by atoms with van der Waals surface area (Å²) in [4.78, 5) is 11.9. The van der Waals surface area contributed by atoms with Crippen molar-refractivity contribution < 1.29 is 9.53 Å². The normalized spacial score (nSPS) is 19.5. The minimum absolute atomic E-state index is 0.0229. The van der Waals surface area contributed by atoms with E-state index in [0.29, 0.717) is 12.1 Å². The molecule has 1 N–H and O–H groups in total. The second kappa shape index (κ2) is 6.90. The molecule has 1 unspecified atom stereocenters. The van der Waals surface area contributed by atoms with E-state index >= 15 is 0 Å². The maximum absolute atomic E-state index is 11.9. The Hall–Kier alpha value is -0.870. The summed E-state index contributed by atoms with van der Waals surface area (Å²) in [6.07, 6.45) is 3.56. The number of amides is 1. The smallest absolute Gasteiger partial charge is 0.251 e. The van der Waals surface area contributed by atoms with Crippen molar-refractivity contribution in [3.8, 4) is 0 Å². The van der Waals surface area contributed by atoms with Crippen LogP contribution in [-0.2, 0) is 10.1 Å². The highest BCUT2D eigenvalue weighted by Crippen LogP contribution is 2.12. The highest BCUT2D eigenvalue weighted by Gasteiger charge is 2.15. The number of alkyl halides is 1. The lowest BCUT2D eigenvalue weighted by atomic mass is 10.1. The molecule has 1 aliphatic rings. The van der Waals surface area contributed by atoms with Crippen LogP contribution in [0, 0.1) is 0 Å². The van der Waals surface area contributed by atoms with Crippen LogP contribution in [0.1, 0.15) is 35.2 Å². The van der Waals surface area contributed by atoms with Gasteiger partial charge in [0.1, 0.15) is 0 Å². The Morgan fingerprint density at radius 3 is 2.72 bits per heavy atom. The maximum Gasteiger partial charge on any atom is 0.251 e. The molecule has 1 aromatic rings. The number of nitrogens with one attached hydrogen (secondary N) is 1. The fraction of sp³-hybridized carbons (Fsp3) is 0.500. The summed E-state index contributed by atoms with van der Waals surface area (Å²) in [6.45, 7) is 1.43. The van der Waals surface area contributed by atoms with Crippen LogP contribution in [0.4, 0.5) is 0 Å². The maximum atomic E-state index is 11.9. The SMILES string of the molecule is O=C(NCC1CCCCO1)c1ccc(CBr)cc1.